The van der Waals surface area contributed by atoms with Crippen LogP contribution in [0.4, 0.5) is 5.13 Å². The summed E-state index contributed by atoms with van der Waals surface area (Å²) < 4.78 is 21.7. The summed E-state index contributed by atoms with van der Waals surface area (Å²) in [6, 6.07) is 8.67. The van der Waals surface area contributed by atoms with Crippen LogP contribution in [0.25, 0.3) is 11.3 Å². The van der Waals surface area contributed by atoms with Gasteiger partial charge in [0, 0.05) is 16.5 Å². The van der Waals surface area contributed by atoms with Gasteiger partial charge in [-0.1, -0.05) is 25.4 Å². The van der Waals surface area contributed by atoms with Crippen LogP contribution in [0.3, 0.4) is 0 Å². The monoisotopic (exact) mass is 476 g/mol. The van der Waals surface area contributed by atoms with Crippen LogP contribution < -0.4 is 24.3 Å². The van der Waals surface area contributed by atoms with Crippen molar-refractivity contribution in [1.29, 1.82) is 0 Å². The van der Waals surface area contributed by atoms with Crippen LogP contribution in [0.1, 0.15) is 24.2 Å². The fourth-order valence-electron chi connectivity index (χ4n) is 2.87. The molecule has 1 aromatic heterocycles. The van der Waals surface area contributed by atoms with E-state index in [2.05, 4.69) is 10.3 Å². The minimum Gasteiger partial charge on any atom is -0.493 e. The molecule has 0 radical (unpaired) electrons. The molecule has 0 spiro atoms. The van der Waals surface area contributed by atoms with Gasteiger partial charge in [0.2, 0.25) is 0 Å². The van der Waals surface area contributed by atoms with E-state index < -0.39 is 0 Å². The van der Waals surface area contributed by atoms with Crippen LogP contribution in [0.15, 0.2) is 35.7 Å². The Morgan fingerprint density at radius 1 is 1.06 bits per heavy atom. The Morgan fingerprint density at radius 2 is 1.78 bits per heavy atom. The molecule has 2 aromatic carbocycles. The van der Waals surface area contributed by atoms with Gasteiger partial charge in [-0.25, -0.2) is 4.98 Å². The number of methoxy groups -OCH3 is 3. The fourth-order valence-corrected chi connectivity index (χ4v) is 3.85. The van der Waals surface area contributed by atoms with Gasteiger partial charge >= 0.3 is 0 Å². The average molecular weight is 477 g/mol. The molecule has 32 heavy (non-hydrogen) atoms. The molecule has 0 atom stereocenters. The zero-order valence-electron chi connectivity index (χ0n) is 18.5. The van der Waals surface area contributed by atoms with Crippen molar-refractivity contribution in [3.8, 4) is 34.3 Å². The van der Waals surface area contributed by atoms with Gasteiger partial charge in [-0.3, -0.25) is 10.1 Å². The number of halogens is 1. The number of carbonyl (C=O) groups excluding carboxylic acids is 1. The van der Waals surface area contributed by atoms with Crippen molar-refractivity contribution in [2.24, 2.45) is 5.92 Å². The molecule has 0 bridgehead atoms. The Kier molecular flexibility index (Phi) is 7.82. The molecule has 0 saturated heterocycles. The summed E-state index contributed by atoms with van der Waals surface area (Å²) in [6.07, 6.45) is 0. The molecule has 0 unspecified atom stereocenters. The predicted octanol–water partition coefficient (Wildman–Crippen LogP) is 5.78. The molecular weight excluding hydrogens is 452 g/mol. The number of aromatic nitrogens is 1. The molecule has 0 aliphatic carbocycles. The predicted molar refractivity (Wildman–Crippen MR) is 127 cm³/mol. The molecule has 0 aliphatic rings. The minimum atomic E-state index is -0.353. The molecule has 7 nitrogen and oxygen atoms in total. The molecule has 3 aromatic rings. The number of rotatable bonds is 9. The smallest absolute Gasteiger partial charge is 0.257 e. The zero-order chi connectivity index (χ0) is 23.3. The van der Waals surface area contributed by atoms with Crippen molar-refractivity contribution in [3.63, 3.8) is 0 Å². The number of benzene rings is 2. The highest BCUT2D eigenvalue weighted by atomic mass is 35.5. The van der Waals surface area contributed by atoms with Gasteiger partial charge < -0.3 is 18.9 Å². The Hall–Kier alpha value is -2.97. The first-order valence-electron chi connectivity index (χ1n) is 9.85. The maximum atomic E-state index is 12.8. The fraction of sp³-hybridized carbons (Fsp3) is 0.304. The van der Waals surface area contributed by atoms with Gasteiger partial charge in [-0.05, 0) is 36.2 Å². The van der Waals surface area contributed by atoms with Crippen LogP contribution in [0.2, 0.25) is 5.02 Å². The summed E-state index contributed by atoms with van der Waals surface area (Å²) in [7, 11) is 4.66. The lowest BCUT2D eigenvalue weighted by Gasteiger charge is -2.15. The molecule has 9 heteroatoms. The highest BCUT2D eigenvalue weighted by Gasteiger charge is 2.18. The van der Waals surface area contributed by atoms with E-state index in [4.69, 9.17) is 30.5 Å². The van der Waals surface area contributed by atoms with E-state index in [-0.39, 0.29) is 5.91 Å². The first kappa shape index (κ1) is 23.7. The van der Waals surface area contributed by atoms with Crippen LogP contribution in [-0.2, 0) is 0 Å². The standard InChI is InChI=1S/C23H25ClN2O5S/c1-13(2)11-31-21-16(24)8-15(10-20(21)30-5)22(27)26-23-25-17(12-32-23)14-6-7-18(28-3)19(9-14)29-4/h6-10,12-13H,11H2,1-5H3,(H,25,26,27). The SMILES string of the molecule is COc1ccc(-c2csc(NC(=O)c3cc(Cl)c(OCC(C)C)c(OC)c3)n2)cc1OC. The Bertz CT molecular complexity index is 1100. The van der Waals surface area contributed by atoms with E-state index in [1.54, 1.807) is 26.4 Å². The number of ether oxygens (including phenoxy) is 4. The van der Waals surface area contributed by atoms with E-state index in [9.17, 15) is 4.79 Å². The number of hydrogen-bond acceptors (Lipinski definition) is 7. The zero-order valence-corrected chi connectivity index (χ0v) is 20.1. The Balaban J connectivity index is 1.78. The molecule has 3 rings (SSSR count). The van der Waals surface area contributed by atoms with Gasteiger partial charge in [0.15, 0.2) is 28.1 Å². The summed E-state index contributed by atoms with van der Waals surface area (Å²) >= 11 is 7.68. The number of nitrogens with one attached hydrogen (secondary N) is 1. The number of carbonyl (C=O) groups is 1. The molecule has 170 valence electrons. The van der Waals surface area contributed by atoms with E-state index >= 15 is 0 Å². The van der Waals surface area contributed by atoms with Crippen molar-refractivity contribution in [3.05, 3.63) is 46.3 Å². The number of thiazole rings is 1. The van der Waals surface area contributed by atoms with Crippen LogP contribution in [-0.4, -0.2) is 38.8 Å². The average Bonchev–Trinajstić information content (AvgIpc) is 3.25. The van der Waals surface area contributed by atoms with Crippen molar-refractivity contribution in [1.82, 2.24) is 4.98 Å². The van der Waals surface area contributed by atoms with Crippen molar-refractivity contribution in [2.45, 2.75) is 13.8 Å². The molecule has 1 amide bonds. The van der Waals surface area contributed by atoms with Gasteiger partial charge in [0.1, 0.15) is 0 Å². The number of nitrogens with zero attached hydrogens (tertiary/aromatic N) is 1. The second kappa shape index (κ2) is 10.6. The van der Waals surface area contributed by atoms with Crippen molar-refractivity contribution < 1.29 is 23.7 Å². The summed E-state index contributed by atoms with van der Waals surface area (Å²) in [6.45, 7) is 4.55. The minimum absolute atomic E-state index is 0.306. The quantitative estimate of drug-likeness (QED) is 0.422. The number of hydrogen-bond donors (Lipinski definition) is 1. The lowest BCUT2D eigenvalue weighted by atomic mass is 10.1. The van der Waals surface area contributed by atoms with Crippen LogP contribution >= 0.6 is 22.9 Å². The third-order valence-electron chi connectivity index (χ3n) is 4.46. The normalized spacial score (nSPS) is 10.7. The summed E-state index contributed by atoms with van der Waals surface area (Å²) in [5.74, 6) is 2.02. The van der Waals surface area contributed by atoms with Crippen LogP contribution in [0, 0.1) is 5.92 Å². The topological polar surface area (TPSA) is 78.9 Å². The van der Waals surface area contributed by atoms with E-state index in [1.807, 2.05) is 37.4 Å². The molecule has 0 aliphatic heterocycles. The van der Waals surface area contributed by atoms with Crippen molar-refractivity contribution >= 4 is 34.0 Å². The second-order valence-electron chi connectivity index (χ2n) is 7.26. The third-order valence-corrected chi connectivity index (χ3v) is 5.50. The van der Waals surface area contributed by atoms with Crippen molar-refractivity contribution in [2.75, 3.05) is 33.3 Å². The lowest BCUT2D eigenvalue weighted by molar-refractivity contribution is 0.102. The molecule has 1 heterocycles. The Labute approximate surface area is 196 Å². The van der Waals surface area contributed by atoms with Crippen LogP contribution in [0.5, 0.6) is 23.0 Å². The van der Waals surface area contributed by atoms with Gasteiger partial charge in [-0.15, -0.1) is 11.3 Å². The summed E-state index contributed by atoms with van der Waals surface area (Å²) in [5.41, 5.74) is 1.89. The third kappa shape index (κ3) is 5.44. The highest BCUT2D eigenvalue weighted by Crippen LogP contribution is 2.37. The number of anilines is 1. The lowest BCUT2D eigenvalue weighted by Crippen LogP contribution is -2.13. The molecule has 1 N–H and O–H groups in total. The Morgan fingerprint density at radius 3 is 2.44 bits per heavy atom. The van der Waals surface area contributed by atoms with E-state index in [0.717, 1.165) is 5.56 Å². The first-order valence-corrected chi connectivity index (χ1v) is 11.1. The molecule has 0 fully saturated rings. The summed E-state index contributed by atoms with van der Waals surface area (Å²) in [4.78, 5) is 17.3. The van der Waals surface area contributed by atoms with Gasteiger partial charge in [0.05, 0.1) is 38.7 Å². The van der Waals surface area contributed by atoms with Gasteiger partial charge in [-0.2, -0.15) is 0 Å². The maximum absolute atomic E-state index is 12.8. The highest BCUT2D eigenvalue weighted by molar-refractivity contribution is 7.14. The van der Waals surface area contributed by atoms with E-state index in [0.29, 0.717) is 56.9 Å². The first-order chi connectivity index (χ1) is 15.4. The van der Waals surface area contributed by atoms with Gasteiger partial charge in [0.25, 0.3) is 5.91 Å². The number of amides is 1. The summed E-state index contributed by atoms with van der Waals surface area (Å²) in [5, 5.41) is 5.42. The largest absolute Gasteiger partial charge is 0.493 e. The maximum Gasteiger partial charge on any atom is 0.257 e. The second-order valence-corrected chi connectivity index (χ2v) is 8.52. The van der Waals surface area contributed by atoms with E-state index in [1.165, 1.54) is 18.4 Å². The molecule has 0 saturated carbocycles. The molecular formula is C23H25ClN2O5S.